The zero-order valence-electron chi connectivity index (χ0n) is 10.7. The Labute approximate surface area is 114 Å². The molecule has 0 unspecified atom stereocenters. The molecule has 0 bridgehead atoms. The van der Waals surface area contributed by atoms with Crippen LogP contribution in [0.25, 0.3) is 0 Å². The van der Waals surface area contributed by atoms with Crippen molar-refractivity contribution in [2.75, 3.05) is 20.0 Å². The van der Waals surface area contributed by atoms with Gasteiger partial charge >= 0.3 is 0 Å². The fourth-order valence-electron chi connectivity index (χ4n) is 0.556. The van der Waals surface area contributed by atoms with Gasteiger partial charge in [0.25, 0.3) is 0 Å². The predicted octanol–water partition coefficient (Wildman–Crippen LogP) is 4.81. The summed E-state index contributed by atoms with van der Waals surface area (Å²) in [6, 6.07) is 0. The minimum absolute atomic E-state index is 0. The van der Waals surface area contributed by atoms with Crippen LogP contribution < -0.4 is 0 Å². The quantitative estimate of drug-likeness (QED) is 0.394. The Hall–Kier alpha value is -0.0775. The van der Waals surface area contributed by atoms with E-state index in [9.17, 15) is 0 Å². The molecular formula is C14H24CrP. The molecule has 1 radical (unpaired) electrons. The van der Waals surface area contributed by atoms with Gasteiger partial charge in [-0.1, -0.05) is 36.5 Å². The summed E-state index contributed by atoms with van der Waals surface area (Å²) in [5.41, 5.74) is 0. The van der Waals surface area contributed by atoms with Gasteiger partial charge in [-0.3, -0.25) is 0 Å². The zero-order chi connectivity index (χ0) is 11.9. The van der Waals surface area contributed by atoms with Crippen molar-refractivity contribution in [3.8, 4) is 0 Å². The van der Waals surface area contributed by atoms with Crippen molar-refractivity contribution in [1.29, 1.82) is 0 Å². The normalized spacial score (nSPS) is 10.5. The second-order valence-corrected chi connectivity index (χ2v) is 6.14. The van der Waals surface area contributed by atoms with Gasteiger partial charge in [0, 0.05) is 23.8 Å². The Kier molecular flexibility index (Phi) is 27.0. The summed E-state index contributed by atoms with van der Waals surface area (Å²) in [4.78, 5) is 0. The van der Waals surface area contributed by atoms with Gasteiger partial charge in [-0.25, -0.2) is 0 Å². The molecule has 0 aromatic carbocycles. The summed E-state index contributed by atoms with van der Waals surface area (Å²) in [5.74, 6) is 0. The zero-order valence-corrected chi connectivity index (χ0v) is 12.9. The van der Waals surface area contributed by atoms with E-state index in [1.165, 1.54) is 0 Å². The molecule has 0 fully saturated rings. The summed E-state index contributed by atoms with van der Waals surface area (Å²) in [5, 5.41) is 0. The second kappa shape index (κ2) is 20.3. The standard InChI is InChI=1S/C6H10.C5H5.C3H9P.Cr/c1-3-5-6-4-2;1-2-4-5-3-1;1-4(2)3;/h3-4H,1-2,5-6H2;1-5H;1-3H3;. The van der Waals surface area contributed by atoms with Crippen molar-refractivity contribution < 1.29 is 17.4 Å². The Balaban J connectivity index is -0.000000157. The van der Waals surface area contributed by atoms with Crippen LogP contribution in [0.1, 0.15) is 12.8 Å². The van der Waals surface area contributed by atoms with Gasteiger partial charge in [0.2, 0.25) is 0 Å². The first-order valence-corrected chi connectivity index (χ1v) is 7.82. The maximum Gasteiger partial charge on any atom is 0.00506 e. The van der Waals surface area contributed by atoms with Crippen LogP contribution in [0.2, 0.25) is 0 Å². The number of rotatable bonds is 3. The van der Waals surface area contributed by atoms with E-state index in [-0.39, 0.29) is 17.4 Å². The average Bonchev–Trinajstić information content (AvgIpc) is 2.71. The third kappa shape index (κ3) is 37.0. The fraction of sp³-hybridized carbons (Fsp3) is 0.357. The van der Waals surface area contributed by atoms with Gasteiger partial charge in [0.05, 0.1) is 0 Å². The van der Waals surface area contributed by atoms with Crippen LogP contribution in [0.15, 0.2) is 49.6 Å². The molecule has 0 heterocycles. The van der Waals surface area contributed by atoms with Gasteiger partial charge in [0.1, 0.15) is 0 Å². The molecule has 1 aliphatic carbocycles. The molecule has 0 spiro atoms. The molecule has 0 saturated heterocycles. The first kappa shape index (κ1) is 21.2. The summed E-state index contributed by atoms with van der Waals surface area (Å²) in [6.07, 6.45) is 15.9. The van der Waals surface area contributed by atoms with Crippen molar-refractivity contribution >= 4 is 7.92 Å². The van der Waals surface area contributed by atoms with Crippen molar-refractivity contribution in [1.82, 2.24) is 0 Å². The van der Waals surface area contributed by atoms with E-state index in [1.54, 1.807) is 0 Å². The number of hydrogen-bond donors (Lipinski definition) is 0. The van der Waals surface area contributed by atoms with E-state index in [0.29, 0.717) is 7.92 Å². The van der Waals surface area contributed by atoms with E-state index in [0.717, 1.165) is 12.8 Å². The molecule has 0 aromatic heterocycles. The second-order valence-electron chi connectivity index (χ2n) is 3.46. The molecule has 0 nitrogen and oxygen atoms in total. The molecule has 0 atom stereocenters. The summed E-state index contributed by atoms with van der Waals surface area (Å²) < 4.78 is 0. The summed E-state index contributed by atoms with van der Waals surface area (Å²) in [6.45, 7) is 13.8. The van der Waals surface area contributed by atoms with Crippen LogP contribution in [0, 0.1) is 6.42 Å². The summed E-state index contributed by atoms with van der Waals surface area (Å²) >= 11 is 0. The minimum atomic E-state index is 0. The van der Waals surface area contributed by atoms with Gasteiger partial charge in [-0.15, -0.1) is 21.1 Å². The van der Waals surface area contributed by atoms with Gasteiger partial charge in [-0.2, -0.15) is 0 Å². The first-order chi connectivity index (χ1) is 7.15. The van der Waals surface area contributed by atoms with Crippen LogP contribution in [-0.2, 0) is 17.4 Å². The van der Waals surface area contributed by atoms with Gasteiger partial charge in [0.15, 0.2) is 0 Å². The molecule has 0 saturated carbocycles. The monoisotopic (exact) mass is 275 g/mol. The molecule has 0 aromatic rings. The Morgan fingerprint density at radius 3 is 1.31 bits per heavy atom. The largest absolute Gasteiger partial charge is 0.116 e. The molecule has 0 amide bonds. The van der Waals surface area contributed by atoms with Crippen LogP contribution in [0.4, 0.5) is 0 Å². The van der Waals surface area contributed by atoms with E-state index in [2.05, 4.69) is 33.2 Å². The van der Waals surface area contributed by atoms with Crippen LogP contribution >= 0.6 is 7.92 Å². The Morgan fingerprint density at radius 2 is 1.19 bits per heavy atom. The summed E-state index contributed by atoms with van der Waals surface area (Å²) in [7, 11) is 0.380. The Bertz CT molecular complexity index is 172. The maximum absolute atomic E-state index is 3.55. The maximum atomic E-state index is 3.55. The predicted molar refractivity (Wildman–Crippen MR) is 76.9 cm³/mol. The Morgan fingerprint density at radius 1 is 0.875 bits per heavy atom. The van der Waals surface area contributed by atoms with E-state index in [4.69, 9.17) is 0 Å². The molecule has 91 valence electrons. The number of allylic oxidation sites excluding steroid dienone is 6. The fourth-order valence-corrected chi connectivity index (χ4v) is 0.556. The molecule has 16 heavy (non-hydrogen) atoms. The van der Waals surface area contributed by atoms with E-state index >= 15 is 0 Å². The van der Waals surface area contributed by atoms with Crippen LogP contribution in [0.5, 0.6) is 0 Å². The van der Waals surface area contributed by atoms with Gasteiger partial charge < -0.3 is 0 Å². The first-order valence-electron chi connectivity index (χ1n) is 5.14. The SMILES string of the molecule is C=CCCC=C.CP(C)C.[CH]1C=CC=C1.[Cr]. The molecule has 0 aliphatic heterocycles. The number of hydrogen-bond acceptors (Lipinski definition) is 0. The smallest absolute Gasteiger partial charge is 0.00506 e. The van der Waals surface area contributed by atoms with E-state index in [1.807, 2.05) is 42.9 Å². The average molecular weight is 275 g/mol. The minimum Gasteiger partial charge on any atom is -0.116 e. The van der Waals surface area contributed by atoms with Crippen molar-refractivity contribution in [2.45, 2.75) is 12.8 Å². The molecule has 0 N–H and O–H groups in total. The van der Waals surface area contributed by atoms with Crippen molar-refractivity contribution in [2.24, 2.45) is 0 Å². The molecule has 1 aliphatic rings. The van der Waals surface area contributed by atoms with Crippen LogP contribution in [0.3, 0.4) is 0 Å². The molecule has 2 heteroatoms. The molecular weight excluding hydrogens is 251 g/mol. The van der Waals surface area contributed by atoms with Crippen LogP contribution in [-0.4, -0.2) is 20.0 Å². The third-order valence-corrected chi connectivity index (χ3v) is 1.13. The topological polar surface area (TPSA) is 0 Å². The molecule has 1 rings (SSSR count). The van der Waals surface area contributed by atoms with E-state index < -0.39 is 0 Å². The number of unbranched alkanes of at least 4 members (excludes halogenated alkanes) is 1. The van der Waals surface area contributed by atoms with Crippen molar-refractivity contribution in [3.63, 3.8) is 0 Å². The third-order valence-electron chi connectivity index (χ3n) is 1.13. The van der Waals surface area contributed by atoms with Gasteiger partial charge in [-0.05, 0) is 32.8 Å². The van der Waals surface area contributed by atoms with Crippen molar-refractivity contribution in [3.05, 3.63) is 56.0 Å².